The van der Waals surface area contributed by atoms with E-state index in [4.69, 9.17) is 4.74 Å². The van der Waals surface area contributed by atoms with Crippen LogP contribution in [0.5, 0.6) is 11.5 Å². The van der Waals surface area contributed by atoms with Crippen molar-refractivity contribution in [1.29, 1.82) is 0 Å². The van der Waals surface area contributed by atoms with Crippen LogP contribution in [0.4, 0.5) is 0 Å². The van der Waals surface area contributed by atoms with Gasteiger partial charge in [0.2, 0.25) is 0 Å². The zero-order chi connectivity index (χ0) is 19.8. The number of aromatic carboxylic acids is 1. The van der Waals surface area contributed by atoms with Crippen LogP contribution in [0.25, 0.3) is 20.8 Å². The van der Waals surface area contributed by atoms with Crippen LogP contribution in [0.2, 0.25) is 0 Å². The second-order valence-corrected chi connectivity index (χ2v) is 7.95. The molecule has 0 fully saturated rings. The van der Waals surface area contributed by atoms with E-state index in [9.17, 15) is 19.8 Å². The first-order valence-corrected chi connectivity index (χ1v) is 9.84. The molecule has 3 aromatic heterocycles. The Morgan fingerprint density at radius 2 is 2.00 bits per heavy atom. The van der Waals surface area contributed by atoms with E-state index in [0.29, 0.717) is 10.2 Å². The lowest BCUT2D eigenvalue weighted by atomic mass is 10.2. The molecule has 0 radical (unpaired) electrons. The molecule has 0 saturated carbocycles. The van der Waals surface area contributed by atoms with Crippen LogP contribution < -0.4 is 10.3 Å². The van der Waals surface area contributed by atoms with Gasteiger partial charge in [0.25, 0.3) is 5.56 Å². The molecule has 28 heavy (non-hydrogen) atoms. The number of methoxy groups -OCH3 is 1. The van der Waals surface area contributed by atoms with Gasteiger partial charge in [-0.3, -0.25) is 9.36 Å². The number of aromatic nitrogens is 2. The maximum atomic E-state index is 12.6. The normalized spacial score (nSPS) is 11.0. The summed E-state index contributed by atoms with van der Waals surface area (Å²) in [6, 6.07) is 9.17. The first-order chi connectivity index (χ1) is 13.5. The van der Waals surface area contributed by atoms with Crippen molar-refractivity contribution in [3.63, 3.8) is 0 Å². The largest absolute Gasteiger partial charge is 0.502 e. The highest BCUT2D eigenvalue weighted by atomic mass is 32.1. The maximum Gasteiger partial charge on any atom is 0.341 e. The maximum absolute atomic E-state index is 12.6. The summed E-state index contributed by atoms with van der Waals surface area (Å²) < 4.78 is 6.89. The topological polar surface area (TPSA) is 102 Å². The van der Waals surface area contributed by atoms with Gasteiger partial charge in [-0.25, -0.2) is 9.78 Å². The summed E-state index contributed by atoms with van der Waals surface area (Å²) in [6.45, 7) is 0.188. The van der Waals surface area contributed by atoms with Gasteiger partial charge in [-0.1, -0.05) is 0 Å². The van der Waals surface area contributed by atoms with Gasteiger partial charge in [-0.05, 0) is 35.7 Å². The minimum absolute atomic E-state index is 0.188. The predicted molar refractivity (Wildman–Crippen MR) is 108 cm³/mol. The second-order valence-electron chi connectivity index (χ2n) is 5.92. The number of pyridine rings is 1. The van der Waals surface area contributed by atoms with Crippen molar-refractivity contribution >= 4 is 38.9 Å². The van der Waals surface area contributed by atoms with Crippen LogP contribution in [0, 0.1) is 0 Å². The van der Waals surface area contributed by atoms with Crippen molar-refractivity contribution in [3.8, 4) is 22.1 Å². The van der Waals surface area contributed by atoms with Crippen molar-refractivity contribution in [3.05, 3.63) is 62.7 Å². The third-order valence-corrected chi connectivity index (χ3v) is 6.22. The minimum Gasteiger partial charge on any atom is -0.502 e. The quantitative estimate of drug-likeness (QED) is 0.517. The standard InChI is InChI=1S/C19H14N2O5S2/c1-26-11-4-2-10(3-5-11)17-20-8-12(28-17)9-21-13-6-7-27-16(13)14(19(24)25)15(22)18(21)23/h2-8,22H,9H2,1H3,(H,24,25). The van der Waals surface area contributed by atoms with Crippen LogP contribution in [-0.4, -0.2) is 32.8 Å². The number of carboxylic acid groups (broad SMARTS) is 1. The van der Waals surface area contributed by atoms with E-state index in [1.807, 2.05) is 24.3 Å². The molecule has 3 heterocycles. The number of aromatic hydroxyl groups is 1. The number of rotatable bonds is 5. The molecule has 2 N–H and O–H groups in total. The molecule has 0 bridgehead atoms. The van der Waals surface area contributed by atoms with E-state index in [-0.39, 0.29) is 12.1 Å². The van der Waals surface area contributed by atoms with Gasteiger partial charge in [0, 0.05) is 16.6 Å². The van der Waals surface area contributed by atoms with Crippen LogP contribution >= 0.6 is 22.7 Å². The SMILES string of the molecule is COc1ccc(-c2ncc(Cn3c(=O)c(O)c(C(=O)O)c4sccc43)s2)cc1. The summed E-state index contributed by atoms with van der Waals surface area (Å²) in [5.74, 6) is -1.32. The van der Waals surface area contributed by atoms with E-state index < -0.39 is 17.3 Å². The minimum atomic E-state index is -1.33. The molecule has 0 atom stereocenters. The Morgan fingerprint density at radius 3 is 2.68 bits per heavy atom. The summed E-state index contributed by atoms with van der Waals surface area (Å²) in [5.41, 5.74) is 0.316. The Kier molecular flexibility index (Phi) is 4.62. The summed E-state index contributed by atoms with van der Waals surface area (Å²) in [4.78, 5) is 29.2. The molecule has 4 aromatic rings. The van der Waals surface area contributed by atoms with Gasteiger partial charge in [0.1, 0.15) is 16.3 Å². The number of thiophene rings is 1. The van der Waals surface area contributed by atoms with E-state index in [0.717, 1.165) is 21.2 Å². The molecule has 7 nitrogen and oxygen atoms in total. The summed E-state index contributed by atoms with van der Waals surface area (Å²) in [7, 11) is 1.60. The van der Waals surface area contributed by atoms with Crippen LogP contribution in [0.3, 0.4) is 0 Å². The highest BCUT2D eigenvalue weighted by Gasteiger charge is 2.22. The third-order valence-electron chi connectivity index (χ3n) is 4.27. The molecule has 4 rings (SSSR count). The molecule has 1 aromatic carbocycles. The van der Waals surface area contributed by atoms with E-state index in [1.165, 1.54) is 27.2 Å². The molecule has 0 unspecified atom stereocenters. The smallest absolute Gasteiger partial charge is 0.341 e. The molecule has 0 aliphatic carbocycles. The van der Waals surface area contributed by atoms with Crippen molar-refractivity contribution < 1.29 is 19.7 Å². The second kappa shape index (κ2) is 7.10. The highest BCUT2D eigenvalue weighted by molar-refractivity contribution is 7.17. The molecular formula is C19H14N2O5S2. The number of carboxylic acids is 1. The lowest BCUT2D eigenvalue weighted by Crippen LogP contribution is -2.22. The fraction of sp³-hybridized carbons (Fsp3) is 0.105. The fourth-order valence-corrected chi connectivity index (χ4v) is 4.75. The monoisotopic (exact) mass is 414 g/mol. The lowest BCUT2D eigenvalue weighted by molar-refractivity contribution is 0.0695. The zero-order valence-corrected chi connectivity index (χ0v) is 16.2. The van der Waals surface area contributed by atoms with Crippen LogP contribution in [0.1, 0.15) is 15.2 Å². The van der Waals surface area contributed by atoms with E-state index in [2.05, 4.69) is 4.98 Å². The lowest BCUT2D eigenvalue weighted by Gasteiger charge is -2.09. The number of nitrogens with zero attached hydrogens (tertiary/aromatic N) is 2. The number of fused-ring (bicyclic) bond motifs is 1. The number of benzene rings is 1. The van der Waals surface area contributed by atoms with Gasteiger partial charge >= 0.3 is 5.97 Å². The fourth-order valence-electron chi connectivity index (χ4n) is 2.91. The number of hydrogen-bond acceptors (Lipinski definition) is 7. The predicted octanol–water partition coefficient (Wildman–Crippen LogP) is 3.65. The van der Waals surface area contributed by atoms with Gasteiger partial charge in [-0.15, -0.1) is 22.7 Å². The zero-order valence-electron chi connectivity index (χ0n) is 14.6. The number of hydrogen-bond donors (Lipinski definition) is 2. The molecule has 142 valence electrons. The van der Waals surface area contributed by atoms with Crippen LogP contribution in [-0.2, 0) is 6.54 Å². The molecule has 0 spiro atoms. The Hall–Kier alpha value is -3.17. The first-order valence-electron chi connectivity index (χ1n) is 8.15. The van der Waals surface area contributed by atoms with Crippen molar-refractivity contribution in [2.75, 3.05) is 7.11 Å². The van der Waals surface area contributed by atoms with Gasteiger partial charge < -0.3 is 14.9 Å². The Balaban J connectivity index is 1.73. The molecular weight excluding hydrogens is 400 g/mol. The number of carbonyl (C=O) groups is 1. The number of thiazole rings is 1. The van der Waals surface area contributed by atoms with E-state index >= 15 is 0 Å². The third kappa shape index (κ3) is 3.04. The summed E-state index contributed by atoms with van der Waals surface area (Å²) in [5, 5.41) is 22.0. The van der Waals surface area contributed by atoms with Gasteiger partial charge in [-0.2, -0.15) is 0 Å². The average Bonchev–Trinajstić information content (AvgIpc) is 3.35. The van der Waals surface area contributed by atoms with Crippen molar-refractivity contribution in [1.82, 2.24) is 9.55 Å². The average molecular weight is 414 g/mol. The first kappa shape index (κ1) is 18.2. The Bertz CT molecular complexity index is 1240. The number of ether oxygens (including phenoxy) is 1. The van der Waals surface area contributed by atoms with Crippen molar-refractivity contribution in [2.45, 2.75) is 6.54 Å². The van der Waals surface area contributed by atoms with Gasteiger partial charge in [0.15, 0.2) is 5.75 Å². The Labute approximate surface area is 166 Å². The molecule has 0 amide bonds. The van der Waals surface area contributed by atoms with Crippen LogP contribution in [0.15, 0.2) is 46.7 Å². The molecule has 0 aliphatic rings. The highest BCUT2D eigenvalue weighted by Crippen LogP contribution is 2.31. The molecule has 9 heteroatoms. The van der Waals surface area contributed by atoms with Crippen molar-refractivity contribution in [2.24, 2.45) is 0 Å². The summed E-state index contributed by atoms with van der Waals surface area (Å²) in [6.07, 6.45) is 1.68. The molecule has 0 aliphatic heterocycles. The molecule has 0 saturated heterocycles. The summed E-state index contributed by atoms with van der Waals surface area (Å²) >= 11 is 2.60. The van der Waals surface area contributed by atoms with E-state index in [1.54, 1.807) is 24.8 Å². The van der Waals surface area contributed by atoms with Gasteiger partial charge in [0.05, 0.1) is 23.9 Å². The Morgan fingerprint density at radius 1 is 1.25 bits per heavy atom.